The van der Waals surface area contributed by atoms with Crippen LogP contribution in [0.1, 0.15) is 51.1 Å². The summed E-state index contributed by atoms with van der Waals surface area (Å²) in [5.74, 6) is 1.55. The summed E-state index contributed by atoms with van der Waals surface area (Å²) < 4.78 is 10.8. The average Bonchev–Trinajstić information content (AvgIpc) is 2.39. The SMILES string of the molecule is CCCCC[C@@H](N)c1ccc(OCC)c(OC)c1. The van der Waals surface area contributed by atoms with Crippen molar-refractivity contribution < 1.29 is 9.47 Å². The van der Waals surface area contributed by atoms with Gasteiger partial charge in [-0.2, -0.15) is 0 Å². The third kappa shape index (κ3) is 4.22. The number of benzene rings is 1. The molecule has 1 rings (SSSR count). The zero-order valence-electron chi connectivity index (χ0n) is 11.7. The predicted octanol–water partition coefficient (Wildman–Crippen LogP) is 3.67. The minimum atomic E-state index is 0.0844. The summed E-state index contributed by atoms with van der Waals surface area (Å²) in [6.45, 7) is 4.80. The molecule has 0 amide bonds. The molecule has 0 unspecified atom stereocenters. The standard InChI is InChI=1S/C15H25NO2/c1-4-6-7-8-13(16)12-9-10-14(18-5-2)15(11-12)17-3/h9-11,13H,4-8,16H2,1-3H3/t13-/m1/s1. The van der Waals surface area contributed by atoms with Crippen LogP contribution in [0.4, 0.5) is 0 Å². The Morgan fingerprint density at radius 2 is 1.94 bits per heavy atom. The van der Waals surface area contributed by atoms with Gasteiger partial charge < -0.3 is 15.2 Å². The summed E-state index contributed by atoms with van der Waals surface area (Å²) in [5.41, 5.74) is 7.30. The van der Waals surface area contributed by atoms with Crippen LogP contribution in [-0.2, 0) is 0 Å². The largest absolute Gasteiger partial charge is 0.493 e. The Balaban J connectivity index is 2.71. The van der Waals surface area contributed by atoms with Crippen molar-refractivity contribution >= 4 is 0 Å². The maximum Gasteiger partial charge on any atom is 0.161 e. The van der Waals surface area contributed by atoms with Gasteiger partial charge in [0.1, 0.15) is 0 Å². The van der Waals surface area contributed by atoms with E-state index >= 15 is 0 Å². The van der Waals surface area contributed by atoms with Crippen molar-refractivity contribution in [2.45, 2.75) is 45.6 Å². The van der Waals surface area contributed by atoms with Crippen LogP contribution in [-0.4, -0.2) is 13.7 Å². The lowest BCUT2D eigenvalue weighted by Gasteiger charge is -2.15. The van der Waals surface area contributed by atoms with Gasteiger partial charge in [0.15, 0.2) is 11.5 Å². The van der Waals surface area contributed by atoms with Gasteiger partial charge in [0.2, 0.25) is 0 Å². The first-order chi connectivity index (χ1) is 8.72. The van der Waals surface area contributed by atoms with Gasteiger partial charge in [0.05, 0.1) is 13.7 Å². The number of unbranched alkanes of at least 4 members (excludes halogenated alkanes) is 2. The monoisotopic (exact) mass is 251 g/mol. The first-order valence-corrected chi connectivity index (χ1v) is 6.79. The fourth-order valence-corrected chi connectivity index (χ4v) is 1.97. The maximum absolute atomic E-state index is 6.19. The Hall–Kier alpha value is -1.22. The molecule has 3 nitrogen and oxygen atoms in total. The molecule has 3 heteroatoms. The molecule has 0 fully saturated rings. The smallest absolute Gasteiger partial charge is 0.161 e. The Labute approximate surface area is 110 Å². The van der Waals surface area contributed by atoms with E-state index in [0.717, 1.165) is 23.5 Å². The van der Waals surface area contributed by atoms with E-state index in [-0.39, 0.29) is 6.04 Å². The minimum absolute atomic E-state index is 0.0844. The zero-order valence-corrected chi connectivity index (χ0v) is 11.7. The van der Waals surface area contributed by atoms with Crippen LogP contribution in [0.25, 0.3) is 0 Å². The van der Waals surface area contributed by atoms with Crippen LogP contribution in [0.5, 0.6) is 11.5 Å². The summed E-state index contributed by atoms with van der Waals surface area (Å²) in [4.78, 5) is 0. The van der Waals surface area contributed by atoms with Crippen molar-refractivity contribution in [2.75, 3.05) is 13.7 Å². The number of hydrogen-bond donors (Lipinski definition) is 1. The van der Waals surface area contributed by atoms with Crippen LogP contribution in [0, 0.1) is 0 Å². The van der Waals surface area contributed by atoms with E-state index < -0.39 is 0 Å². The second-order valence-corrected chi connectivity index (χ2v) is 4.45. The molecule has 0 bridgehead atoms. The van der Waals surface area contributed by atoms with Crippen molar-refractivity contribution in [1.82, 2.24) is 0 Å². The molecule has 102 valence electrons. The van der Waals surface area contributed by atoms with E-state index in [4.69, 9.17) is 15.2 Å². The third-order valence-electron chi connectivity index (χ3n) is 3.03. The molecule has 0 heterocycles. The maximum atomic E-state index is 6.19. The minimum Gasteiger partial charge on any atom is -0.493 e. The van der Waals surface area contributed by atoms with E-state index in [2.05, 4.69) is 6.92 Å². The highest BCUT2D eigenvalue weighted by atomic mass is 16.5. The quantitative estimate of drug-likeness (QED) is 0.717. The van der Waals surface area contributed by atoms with Gasteiger partial charge in [-0.05, 0) is 31.0 Å². The second kappa shape index (κ2) is 7.98. The fourth-order valence-electron chi connectivity index (χ4n) is 1.97. The summed E-state index contributed by atoms with van der Waals surface area (Å²) in [5, 5.41) is 0. The number of methoxy groups -OCH3 is 1. The molecule has 0 saturated carbocycles. The van der Waals surface area contributed by atoms with Crippen LogP contribution < -0.4 is 15.2 Å². The lowest BCUT2D eigenvalue weighted by Crippen LogP contribution is -2.10. The highest BCUT2D eigenvalue weighted by Crippen LogP contribution is 2.30. The molecule has 0 aliphatic carbocycles. The Morgan fingerprint density at radius 3 is 2.56 bits per heavy atom. The molecule has 2 N–H and O–H groups in total. The van der Waals surface area contributed by atoms with Gasteiger partial charge in [0.25, 0.3) is 0 Å². The van der Waals surface area contributed by atoms with Crippen LogP contribution in [0.2, 0.25) is 0 Å². The van der Waals surface area contributed by atoms with Crippen molar-refractivity contribution in [2.24, 2.45) is 5.73 Å². The molecule has 0 saturated heterocycles. The molecule has 0 spiro atoms. The van der Waals surface area contributed by atoms with Crippen LogP contribution in [0.3, 0.4) is 0 Å². The number of ether oxygens (including phenoxy) is 2. The van der Waals surface area contributed by atoms with Crippen molar-refractivity contribution in [3.8, 4) is 11.5 Å². The summed E-state index contributed by atoms with van der Waals surface area (Å²) in [6.07, 6.45) is 4.65. The van der Waals surface area contributed by atoms with E-state index in [1.54, 1.807) is 7.11 Å². The van der Waals surface area contributed by atoms with E-state index in [1.807, 2.05) is 25.1 Å². The van der Waals surface area contributed by atoms with Gasteiger partial charge in [-0.3, -0.25) is 0 Å². The summed E-state index contributed by atoms with van der Waals surface area (Å²) in [7, 11) is 1.66. The van der Waals surface area contributed by atoms with E-state index in [1.165, 1.54) is 19.3 Å². The molecule has 18 heavy (non-hydrogen) atoms. The van der Waals surface area contributed by atoms with Gasteiger partial charge in [0, 0.05) is 6.04 Å². The second-order valence-electron chi connectivity index (χ2n) is 4.45. The Bertz CT molecular complexity index is 352. The number of hydrogen-bond acceptors (Lipinski definition) is 3. The Morgan fingerprint density at radius 1 is 1.17 bits per heavy atom. The highest BCUT2D eigenvalue weighted by molar-refractivity contribution is 5.43. The number of rotatable bonds is 8. The highest BCUT2D eigenvalue weighted by Gasteiger charge is 2.10. The number of nitrogens with two attached hydrogens (primary N) is 1. The first kappa shape index (κ1) is 14.8. The predicted molar refractivity (Wildman–Crippen MR) is 75.2 cm³/mol. The summed E-state index contributed by atoms with van der Waals surface area (Å²) in [6, 6.07) is 6.05. The van der Waals surface area contributed by atoms with Crippen molar-refractivity contribution in [1.29, 1.82) is 0 Å². The van der Waals surface area contributed by atoms with E-state index in [0.29, 0.717) is 6.61 Å². The zero-order chi connectivity index (χ0) is 13.4. The molecule has 0 aromatic heterocycles. The Kier molecular flexibility index (Phi) is 6.58. The van der Waals surface area contributed by atoms with Gasteiger partial charge >= 0.3 is 0 Å². The fraction of sp³-hybridized carbons (Fsp3) is 0.600. The molecule has 0 aliphatic heterocycles. The normalized spacial score (nSPS) is 12.2. The average molecular weight is 251 g/mol. The lowest BCUT2D eigenvalue weighted by molar-refractivity contribution is 0.310. The van der Waals surface area contributed by atoms with Gasteiger partial charge in [-0.25, -0.2) is 0 Å². The van der Waals surface area contributed by atoms with Crippen LogP contribution >= 0.6 is 0 Å². The molecule has 1 aromatic carbocycles. The molecule has 0 aliphatic rings. The first-order valence-electron chi connectivity index (χ1n) is 6.79. The molecule has 1 atom stereocenters. The van der Waals surface area contributed by atoms with Crippen LogP contribution in [0.15, 0.2) is 18.2 Å². The van der Waals surface area contributed by atoms with Gasteiger partial charge in [-0.15, -0.1) is 0 Å². The van der Waals surface area contributed by atoms with Crippen molar-refractivity contribution in [3.05, 3.63) is 23.8 Å². The lowest BCUT2D eigenvalue weighted by atomic mass is 10.0. The molecular weight excluding hydrogens is 226 g/mol. The molecular formula is C15H25NO2. The summed E-state index contributed by atoms with van der Waals surface area (Å²) >= 11 is 0. The molecule has 0 radical (unpaired) electrons. The third-order valence-corrected chi connectivity index (χ3v) is 3.03. The van der Waals surface area contributed by atoms with E-state index in [9.17, 15) is 0 Å². The van der Waals surface area contributed by atoms with Crippen molar-refractivity contribution in [3.63, 3.8) is 0 Å². The molecule has 1 aromatic rings. The topological polar surface area (TPSA) is 44.5 Å². The van der Waals surface area contributed by atoms with Gasteiger partial charge in [-0.1, -0.05) is 32.3 Å².